The summed E-state index contributed by atoms with van der Waals surface area (Å²) in [5.41, 5.74) is 4.31. The second kappa shape index (κ2) is 1.58. The van der Waals surface area contributed by atoms with Crippen molar-refractivity contribution in [3.63, 3.8) is 0 Å². The average molecular weight is 73.1 g/mol. The van der Waals surface area contributed by atoms with Crippen molar-refractivity contribution in [3.8, 4) is 0 Å². The Bertz CT molecular complexity index is 42.9. The minimum atomic E-state index is -0.968. The number of rotatable bonds is 0. The van der Waals surface area contributed by atoms with Crippen LogP contribution in [0.25, 0.3) is 0 Å². The minimum absolute atomic E-state index is 0.968. The molecule has 2 N–H and O–H groups in total. The molecule has 0 atom stereocenters. The molecule has 0 aliphatic carbocycles. The number of carbonyl (C=O) groups excluding carboxylic acids is 1. The van der Waals surface area contributed by atoms with Gasteiger partial charge < -0.3 is 10.5 Å². The van der Waals surface area contributed by atoms with Gasteiger partial charge in [0.25, 0.3) is 0 Å². The van der Waals surface area contributed by atoms with Gasteiger partial charge in [-0.05, 0) is 0 Å². The van der Waals surface area contributed by atoms with E-state index in [0.29, 0.717) is 0 Å². The number of hydrogen-bond donors (Lipinski definition) is 1. The van der Waals surface area contributed by atoms with Crippen LogP contribution in [-0.4, -0.2) is 6.09 Å². The summed E-state index contributed by atoms with van der Waals surface area (Å²) in [4.78, 5) is 9.24. The van der Waals surface area contributed by atoms with E-state index in [1.807, 2.05) is 0 Å². The zero-order chi connectivity index (χ0) is 4.28. The van der Waals surface area contributed by atoms with Crippen LogP contribution in [0.1, 0.15) is 0 Å². The maximum absolute atomic E-state index is 9.24. The molecular weight excluding hydrogens is 70.0 g/mol. The summed E-state index contributed by atoms with van der Waals surface area (Å²) < 4.78 is 3.39. The van der Waals surface area contributed by atoms with Crippen molar-refractivity contribution in [2.24, 2.45) is 5.73 Å². The third kappa shape index (κ3) is 3.27. The van der Waals surface area contributed by atoms with E-state index < -0.39 is 6.09 Å². The SMILES string of the molecule is [CH]OC(N)=O. The summed E-state index contributed by atoms with van der Waals surface area (Å²) in [6.07, 6.45) is -0.968. The summed E-state index contributed by atoms with van der Waals surface area (Å²) in [6, 6.07) is 0. The number of primary amides is 1. The Balaban J connectivity index is 2.85. The van der Waals surface area contributed by atoms with E-state index in [0.717, 1.165) is 0 Å². The topological polar surface area (TPSA) is 52.3 Å². The molecule has 5 heavy (non-hydrogen) atoms. The average Bonchev–Trinajstić information content (AvgIpc) is 1.38. The lowest BCUT2D eigenvalue weighted by Crippen LogP contribution is -2.07. The lowest BCUT2D eigenvalue weighted by atomic mass is 11.3. The minimum Gasteiger partial charge on any atom is -0.438 e. The molecule has 0 heterocycles. The Morgan fingerprint density at radius 1 is 2.00 bits per heavy atom. The number of ether oxygens (including phenoxy) is 1. The maximum Gasteiger partial charge on any atom is 0.405 e. The first-order chi connectivity index (χ1) is 2.27. The van der Waals surface area contributed by atoms with Crippen LogP contribution in [0.5, 0.6) is 0 Å². The van der Waals surface area contributed by atoms with Gasteiger partial charge in [-0.1, -0.05) is 0 Å². The summed E-state index contributed by atoms with van der Waals surface area (Å²) in [7, 11) is 4.20. The molecular formula is C2H3NO2. The lowest BCUT2D eigenvalue weighted by molar-refractivity contribution is 0.194. The molecule has 0 saturated carbocycles. The molecule has 0 aromatic carbocycles. The highest BCUT2D eigenvalue weighted by atomic mass is 16.5. The van der Waals surface area contributed by atoms with E-state index >= 15 is 0 Å². The van der Waals surface area contributed by atoms with Gasteiger partial charge in [0.15, 0.2) is 7.11 Å². The first-order valence-electron chi connectivity index (χ1n) is 0.933. The molecule has 0 spiro atoms. The predicted octanol–water partition coefficient (Wildman–Crippen LogP) is -0.250. The Morgan fingerprint density at radius 2 is 2.20 bits per heavy atom. The fraction of sp³-hybridized carbons (Fsp3) is 0. The van der Waals surface area contributed by atoms with Crippen molar-refractivity contribution in [1.82, 2.24) is 0 Å². The molecule has 0 aromatic rings. The summed E-state index contributed by atoms with van der Waals surface area (Å²) in [6.45, 7) is 0. The van der Waals surface area contributed by atoms with E-state index in [9.17, 15) is 4.79 Å². The Morgan fingerprint density at radius 3 is 2.20 bits per heavy atom. The van der Waals surface area contributed by atoms with Crippen molar-refractivity contribution >= 4 is 6.09 Å². The van der Waals surface area contributed by atoms with E-state index in [-0.39, 0.29) is 0 Å². The fourth-order valence-corrected chi connectivity index (χ4v) is 0. The zero-order valence-corrected chi connectivity index (χ0v) is 2.47. The van der Waals surface area contributed by atoms with Crippen LogP contribution < -0.4 is 5.73 Å². The van der Waals surface area contributed by atoms with Crippen molar-refractivity contribution in [2.75, 3.05) is 0 Å². The second-order valence-corrected chi connectivity index (χ2v) is 0.437. The van der Waals surface area contributed by atoms with Crippen molar-refractivity contribution in [1.29, 1.82) is 0 Å². The van der Waals surface area contributed by atoms with Crippen LogP contribution in [0.15, 0.2) is 0 Å². The molecule has 0 saturated heterocycles. The molecule has 0 aliphatic rings. The van der Waals surface area contributed by atoms with Gasteiger partial charge in [-0.15, -0.1) is 0 Å². The number of carbonyl (C=O) groups is 1. The van der Waals surface area contributed by atoms with Crippen LogP contribution in [0.3, 0.4) is 0 Å². The van der Waals surface area contributed by atoms with E-state index in [4.69, 9.17) is 0 Å². The monoisotopic (exact) mass is 73.0 g/mol. The van der Waals surface area contributed by atoms with Gasteiger partial charge in [0.1, 0.15) is 0 Å². The highest BCUT2D eigenvalue weighted by Crippen LogP contribution is 1.58. The molecule has 0 rings (SSSR count). The van der Waals surface area contributed by atoms with Gasteiger partial charge in [0.05, 0.1) is 0 Å². The molecule has 3 nitrogen and oxygen atoms in total. The van der Waals surface area contributed by atoms with Crippen molar-refractivity contribution in [3.05, 3.63) is 7.11 Å². The first kappa shape index (κ1) is 4.27. The molecule has 0 aliphatic heterocycles. The van der Waals surface area contributed by atoms with E-state index in [1.165, 1.54) is 0 Å². The zero-order valence-electron chi connectivity index (χ0n) is 2.47. The summed E-state index contributed by atoms with van der Waals surface area (Å²) >= 11 is 0. The molecule has 0 fully saturated rings. The Labute approximate surface area is 29.7 Å². The van der Waals surface area contributed by atoms with E-state index in [1.54, 1.807) is 0 Å². The summed E-state index contributed by atoms with van der Waals surface area (Å²) in [5.74, 6) is 0. The molecule has 28 valence electrons. The van der Waals surface area contributed by atoms with Crippen LogP contribution >= 0.6 is 0 Å². The Hall–Kier alpha value is -0.730. The van der Waals surface area contributed by atoms with Gasteiger partial charge in [-0.25, -0.2) is 4.79 Å². The predicted molar refractivity (Wildman–Crippen MR) is 15.0 cm³/mol. The molecule has 2 radical (unpaired) electrons. The molecule has 0 bridgehead atoms. The fourth-order valence-electron chi connectivity index (χ4n) is 0. The number of nitrogens with two attached hydrogens (primary N) is 1. The highest BCUT2D eigenvalue weighted by molar-refractivity contribution is 5.64. The van der Waals surface area contributed by atoms with Gasteiger partial charge in [-0.3, -0.25) is 0 Å². The first-order valence-corrected chi connectivity index (χ1v) is 0.933. The van der Waals surface area contributed by atoms with Crippen LogP contribution in [-0.2, 0) is 4.74 Å². The van der Waals surface area contributed by atoms with Gasteiger partial charge in [-0.2, -0.15) is 0 Å². The molecule has 0 unspecified atom stereocenters. The Kier molecular flexibility index (Phi) is 1.35. The largest absolute Gasteiger partial charge is 0.438 e. The third-order valence-corrected chi connectivity index (χ3v) is 0.116. The highest BCUT2D eigenvalue weighted by Gasteiger charge is 1.77. The van der Waals surface area contributed by atoms with Gasteiger partial charge >= 0.3 is 6.09 Å². The smallest absolute Gasteiger partial charge is 0.405 e. The van der Waals surface area contributed by atoms with Crippen LogP contribution in [0, 0.1) is 7.11 Å². The molecule has 0 aromatic heterocycles. The third-order valence-electron chi connectivity index (χ3n) is 0.116. The quantitative estimate of drug-likeness (QED) is 0.430. The van der Waals surface area contributed by atoms with E-state index in [2.05, 4.69) is 17.6 Å². The van der Waals surface area contributed by atoms with Crippen molar-refractivity contribution in [2.45, 2.75) is 0 Å². The molecule has 3 heteroatoms. The standard InChI is InChI=1S/C2H3NO2/c1-5-2(3)4/h1H,(H2,3,4). The summed E-state index contributed by atoms with van der Waals surface area (Å²) in [5, 5.41) is 0. The molecule has 1 amide bonds. The lowest BCUT2D eigenvalue weighted by Gasteiger charge is -1.79. The normalized spacial score (nSPS) is 6.60. The van der Waals surface area contributed by atoms with Gasteiger partial charge in [0, 0.05) is 0 Å². The number of hydrogen-bond acceptors (Lipinski definition) is 2. The van der Waals surface area contributed by atoms with Gasteiger partial charge in [0.2, 0.25) is 0 Å². The maximum atomic E-state index is 9.24. The van der Waals surface area contributed by atoms with Crippen molar-refractivity contribution < 1.29 is 9.53 Å². The van der Waals surface area contributed by atoms with Crippen LogP contribution in [0.2, 0.25) is 0 Å². The van der Waals surface area contributed by atoms with Crippen LogP contribution in [0.4, 0.5) is 4.79 Å². The number of amides is 1. The second-order valence-electron chi connectivity index (χ2n) is 0.437.